The summed E-state index contributed by atoms with van der Waals surface area (Å²) < 4.78 is 13.4. The molecule has 1 N–H and O–H groups in total. The smallest absolute Gasteiger partial charge is 0.123 e. The van der Waals surface area contributed by atoms with E-state index in [1.54, 1.807) is 0 Å². The monoisotopic (exact) mass is 371 g/mol. The molecular formula is C24H22FN3. The number of nitrogens with one attached hydrogen (secondary N) is 1. The number of aromatic nitrogens is 2. The summed E-state index contributed by atoms with van der Waals surface area (Å²) in [6.07, 6.45) is 10.2. The number of aromatic amines is 1. The first-order valence-electron chi connectivity index (χ1n) is 9.67. The van der Waals surface area contributed by atoms with Crippen LogP contribution in [0.3, 0.4) is 0 Å². The predicted octanol–water partition coefficient (Wildman–Crippen LogP) is 5.30. The van der Waals surface area contributed by atoms with E-state index in [4.69, 9.17) is 0 Å². The molecule has 4 heteroatoms. The quantitative estimate of drug-likeness (QED) is 0.634. The number of fused-ring (bicyclic) bond motifs is 1. The Morgan fingerprint density at radius 2 is 1.82 bits per heavy atom. The van der Waals surface area contributed by atoms with Crippen molar-refractivity contribution >= 4 is 5.57 Å². The van der Waals surface area contributed by atoms with Gasteiger partial charge in [-0.3, -0.25) is 9.88 Å². The first-order valence-corrected chi connectivity index (χ1v) is 9.67. The van der Waals surface area contributed by atoms with Gasteiger partial charge in [-0.2, -0.15) is 0 Å². The average Bonchev–Trinajstić information content (AvgIpc) is 3.31. The van der Waals surface area contributed by atoms with E-state index in [-0.39, 0.29) is 5.82 Å². The second-order valence-electron chi connectivity index (χ2n) is 7.67. The Kier molecular flexibility index (Phi) is 4.21. The summed E-state index contributed by atoms with van der Waals surface area (Å²) in [4.78, 5) is 10.1. The second kappa shape index (κ2) is 6.88. The van der Waals surface area contributed by atoms with E-state index in [0.717, 1.165) is 48.3 Å². The lowest BCUT2D eigenvalue weighted by Crippen LogP contribution is -2.32. The van der Waals surface area contributed by atoms with Gasteiger partial charge < -0.3 is 4.98 Å². The Morgan fingerprint density at radius 1 is 1.04 bits per heavy atom. The number of rotatable bonds is 3. The van der Waals surface area contributed by atoms with Crippen molar-refractivity contribution in [2.24, 2.45) is 0 Å². The van der Waals surface area contributed by atoms with E-state index in [0.29, 0.717) is 6.04 Å². The summed E-state index contributed by atoms with van der Waals surface area (Å²) in [5.74, 6) is -0.225. The topological polar surface area (TPSA) is 31.9 Å². The van der Waals surface area contributed by atoms with Gasteiger partial charge in [-0.15, -0.1) is 0 Å². The number of hydrogen-bond donors (Lipinski definition) is 1. The highest BCUT2D eigenvalue weighted by Gasteiger charge is 2.31. The van der Waals surface area contributed by atoms with Gasteiger partial charge in [0.1, 0.15) is 5.82 Å². The standard InChI is InChI=1S/C24H22FN3/c1-16-12-21-13-19(8-11-28(21)15-16)22-14-27-24(18-2-4-20(25)5-3-18)23(22)17-6-9-26-10-7-17/h2-10,14,21,27H,1,11-13,15H2. The maximum atomic E-state index is 13.4. The van der Waals surface area contributed by atoms with E-state index in [2.05, 4.69) is 33.7 Å². The molecule has 1 aromatic carbocycles. The summed E-state index contributed by atoms with van der Waals surface area (Å²) in [5.41, 5.74) is 8.19. The summed E-state index contributed by atoms with van der Waals surface area (Å²) in [6.45, 7) is 6.16. The van der Waals surface area contributed by atoms with Crippen molar-refractivity contribution in [3.8, 4) is 22.4 Å². The van der Waals surface area contributed by atoms with Gasteiger partial charge in [-0.1, -0.05) is 18.2 Å². The van der Waals surface area contributed by atoms with E-state index in [9.17, 15) is 4.39 Å². The van der Waals surface area contributed by atoms with Gasteiger partial charge in [0.05, 0.1) is 5.69 Å². The van der Waals surface area contributed by atoms with Gasteiger partial charge in [0.25, 0.3) is 0 Å². The minimum atomic E-state index is -0.225. The highest BCUT2D eigenvalue weighted by Crippen LogP contribution is 2.41. The number of benzene rings is 1. The number of nitrogens with zero attached hydrogens (tertiary/aromatic N) is 2. The van der Waals surface area contributed by atoms with Crippen LogP contribution in [0, 0.1) is 5.82 Å². The molecule has 0 aliphatic carbocycles. The van der Waals surface area contributed by atoms with Crippen LogP contribution in [0.4, 0.5) is 4.39 Å². The van der Waals surface area contributed by atoms with Gasteiger partial charge in [0, 0.05) is 48.8 Å². The van der Waals surface area contributed by atoms with Crippen molar-refractivity contribution in [1.29, 1.82) is 0 Å². The van der Waals surface area contributed by atoms with Crippen molar-refractivity contribution in [1.82, 2.24) is 14.9 Å². The zero-order valence-corrected chi connectivity index (χ0v) is 15.7. The van der Waals surface area contributed by atoms with Crippen molar-refractivity contribution in [2.45, 2.75) is 18.9 Å². The molecule has 1 fully saturated rings. The fourth-order valence-electron chi connectivity index (χ4n) is 4.48. The highest BCUT2D eigenvalue weighted by atomic mass is 19.1. The van der Waals surface area contributed by atoms with Gasteiger partial charge in [0.15, 0.2) is 0 Å². The van der Waals surface area contributed by atoms with Crippen LogP contribution in [0.1, 0.15) is 18.4 Å². The van der Waals surface area contributed by atoms with Crippen molar-refractivity contribution < 1.29 is 4.39 Å². The Hall–Kier alpha value is -2.98. The lowest BCUT2D eigenvalue weighted by molar-refractivity contribution is 0.277. The largest absolute Gasteiger partial charge is 0.360 e. The van der Waals surface area contributed by atoms with Crippen LogP contribution in [0.2, 0.25) is 0 Å². The zero-order chi connectivity index (χ0) is 19.1. The fourth-order valence-corrected chi connectivity index (χ4v) is 4.48. The molecule has 1 unspecified atom stereocenters. The van der Waals surface area contributed by atoms with E-state index < -0.39 is 0 Å². The summed E-state index contributed by atoms with van der Waals surface area (Å²) >= 11 is 0. The van der Waals surface area contributed by atoms with Crippen molar-refractivity contribution in [3.63, 3.8) is 0 Å². The van der Waals surface area contributed by atoms with Gasteiger partial charge >= 0.3 is 0 Å². The molecule has 0 spiro atoms. The summed E-state index contributed by atoms with van der Waals surface area (Å²) in [7, 11) is 0. The van der Waals surface area contributed by atoms with Crippen LogP contribution in [-0.4, -0.2) is 34.0 Å². The molecule has 1 atom stereocenters. The minimum Gasteiger partial charge on any atom is -0.360 e. The van der Waals surface area contributed by atoms with Crippen LogP contribution in [0.5, 0.6) is 0 Å². The molecule has 4 heterocycles. The van der Waals surface area contributed by atoms with Gasteiger partial charge in [-0.25, -0.2) is 4.39 Å². The molecule has 0 saturated carbocycles. The molecular weight excluding hydrogens is 349 g/mol. The number of halogens is 1. The second-order valence-corrected chi connectivity index (χ2v) is 7.67. The Bertz CT molecular complexity index is 1050. The zero-order valence-electron chi connectivity index (χ0n) is 15.7. The maximum Gasteiger partial charge on any atom is 0.123 e. The third-order valence-electron chi connectivity index (χ3n) is 5.82. The molecule has 2 aromatic heterocycles. The molecule has 3 aromatic rings. The Labute approximate surface area is 164 Å². The lowest BCUT2D eigenvalue weighted by Gasteiger charge is -2.29. The third kappa shape index (κ3) is 3.00. The number of hydrogen-bond acceptors (Lipinski definition) is 2. The third-order valence-corrected chi connectivity index (χ3v) is 5.82. The highest BCUT2D eigenvalue weighted by molar-refractivity contribution is 5.91. The summed E-state index contributed by atoms with van der Waals surface area (Å²) in [5, 5.41) is 0. The number of H-pyrrole nitrogens is 1. The normalized spacial score (nSPS) is 19.5. The van der Waals surface area contributed by atoms with Crippen LogP contribution in [-0.2, 0) is 0 Å². The fraction of sp³-hybridized carbons (Fsp3) is 0.208. The molecule has 0 radical (unpaired) electrons. The molecule has 2 aliphatic rings. The average molecular weight is 371 g/mol. The van der Waals surface area contributed by atoms with Crippen molar-refractivity contribution in [2.75, 3.05) is 13.1 Å². The molecule has 3 nitrogen and oxygen atoms in total. The molecule has 140 valence electrons. The van der Waals surface area contributed by atoms with Gasteiger partial charge in [-0.05, 0) is 65.9 Å². The molecule has 5 rings (SSSR count). The van der Waals surface area contributed by atoms with E-state index in [1.165, 1.54) is 28.8 Å². The SMILES string of the molecule is C=C1CC2CC(c3c[nH]c(-c4ccc(F)cc4)c3-c3ccncc3)=CCN2C1. The first-order chi connectivity index (χ1) is 13.7. The van der Waals surface area contributed by atoms with Crippen LogP contribution in [0.25, 0.3) is 28.0 Å². The van der Waals surface area contributed by atoms with Gasteiger partial charge in [0.2, 0.25) is 0 Å². The minimum absolute atomic E-state index is 0.225. The van der Waals surface area contributed by atoms with Crippen LogP contribution < -0.4 is 0 Å². The first kappa shape index (κ1) is 17.1. The van der Waals surface area contributed by atoms with E-state index in [1.807, 2.05) is 36.7 Å². The molecule has 1 saturated heterocycles. The lowest BCUT2D eigenvalue weighted by atomic mass is 9.89. The molecule has 2 aliphatic heterocycles. The Morgan fingerprint density at radius 3 is 2.61 bits per heavy atom. The Balaban J connectivity index is 1.61. The number of pyridine rings is 1. The predicted molar refractivity (Wildman–Crippen MR) is 111 cm³/mol. The van der Waals surface area contributed by atoms with E-state index >= 15 is 0 Å². The molecule has 0 amide bonds. The van der Waals surface area contributed by atoms with Crippen molar-refractivity contribution in [3.05, 3.63) is 84.6 Å². The van der Waals surface area contributed by atoms with Crippen LogP contribution in [0.15, 0.2) is 73.2 Å². The molecule has 28 heavy (non-hydrogen) atoms. The maximum absolute atomic E-state index is 13.4. The van der Waals surface area contributed by atoms with Crippen LogP contribution >= 0.6 is 0 Å². The summed E-state index contributed by atoms with van der Waals surface area (Å²) in [6, 6.07) is 11.3. The molecule has 0 bridgehead atoms.